The van der Waals surface area contributed by atoms with Crippen molar-refractivity contribution in [3.8, 4) is 0 Å². The smallest absolute Gasteiger partial charge is 0.273 e. The molecule has 200 valence electrons. The van der Waals surface area contributed by atoms with Crippen LogP contribution >= 0.6 is 0 Å². The molecule has 3 amide bonds. The summed E-state index contributed by atoms with van der Waals surface area (Å²) in [5.74, 6) is -2.72. The normalized spacial score (nSPS) is 28.2. The van der Waals surface area contributed by atoms with Gasteiger partial charge in [-0.15, -0.1) is 0 Å². The molecule has 0 radical (unpaired) electrons. The van der Waals surface area contributed by atoms with Crippen LogP contribution in [-0.4, -0.2) is 70.3 Å². The molecule has 37 heavy (non-hydrogen) atoms. The maximum atomic E-state index is 13.8. The maximum Gasteiger partial charge on any atom is 0.273 e. The number of hydrogen-bond acceptors (Lipinski definition) is 5. The molecule has 6 rings (SSSR count). The Morgan fingerprint density at radius 3 is 2.35 bits per heavy atom. The number of hydrazine groups is 1. The van der Waals surface area contributed by atoms with Gasteiger partial charge < -0.3 is 4.90 Å². The number of amides is 3. The second-order valence-electron chi connectivity index (χ2n) is 11.6. The molecule has 2 aliphatic carbocycles. The minimum absolute atomic E-state index is 0.0385. The van der Waals surface area contributed by atoms with E-state index in [9.17, 15) is 23.2 Å². The number of carbonyl (C=O) groups excluding carboxylic acids is 3. The standard InChI is InChI=1S/C28H36F2N4O3/c29-28(30)14-16-31(18-28)20-9-11-21(12-10-20)32(15-13-19-7-8-19)24-4-1-3-22-23(24)17-33(27(22)37)34-25(35)5-2-6-26(34)36/h1,3-4,19-21H,2,5-18H2. The molecular formula is C28H36F2N4O3. The fraction of sp³-hybridized carbons (Fsp3) is 0.679. The molecule has 7 nitrogen and oxygen atoms in total. The highest BCUT2D eigenvalue weighted by Crippen LogP contribution is 2.40. The van der Waals surface area contributed by atoms with E-state index in [4.69, 9.17) is 0 Å². The van der Waals surface area contributed by atoms with Crippen molar-refractivity contribution in [2.45, 2.75) is 95.2 Å². The van der Waals surface area contributed by atoms with Crippen molar-refractivity contribution in [1.29, 1.82) is 0 Å². The van der Waals surface area contributed by atoms with Crippen molar-refractivity contribution >= 4 is 23.4 Å². The first-order valence-electron chi connectivity index (χ1n) is 14.0. The summed E-state index contributed by atoms with van der Waals surface area (Å²) in [6.45, 7) is 1.48. The Kier molecular flexibility index (Phi) is 6.45. The number of rotatable bonds is 7. The van der Waals surface area contributed by atoms with Crippen LogP contribution in [0.15, 0.2) is 18.2 Å². The van der Waals surface area contributed by atoms with Crippen LogP contribution in [0.1, 0.15) is 86.6 Å². The first-order chi connectivity index (χ1) is 17.8. The maximum absolute atomic E-state index is 13.8. The zero-order chi connectivity index (χ0) is 25.7. The van der Waals surface area contributed by atoms with Crippen LogP contribution in [0.2, 0.25) is 0 Å². The predicted molar refractivity (Wildman–Crippen MR) is 134 cm³/mol. The summed E-state index contributed by atoms with van der Waals surface area (Å²) in [6, 6.07) is 6.26. The lowest BCUT2D eigenvalue weighted by Crippen LogP contribution is -2.52. The molecule has 1 aromatic rings. The third kappa shape index (κ3) is 4.87. The predicted octanol–water partition coefficient (Wildman–Crippen LogP) is 4.36. The van der Waals surface area contributed by atoms with Crippen molar-refractivity contribution in [3.05, 3.63) is 29.3 Å². The molecule has 3 aliphatic heterocycles. The minimum Gasteiger partial charge on any atom is -0.368 e. The number of imide groups is 1. The highest BCUT2D eigenvalue weighted by atomic mass is 19.3. The SMILES string of the molecule is O=C1c2cccc(N(CCC3CC3)C3CCC(N4CCC(F)(F)C4)CC3)c2CN1N1C(=O)CCCC1=O. The molecule has 0 atom stereocenters. The van der Waals surface area contributed by atoms with E-state index in [-0.39, 0.29) is 62.2 Å². The lowest BCUT2D eigenvalue weighted by molar-refractivity contribution is -0.163. The third-order valence-electron chi connectivity index (χ3n) is 9.03. The molecule has 0 N–H and O–H groups in total. The number of benzene rings is 1. The van der Waals surface area contributed by atoms with Gasteiger partial charge in [0.25, 0.3) is 11.8 Å². The quantitative estimate of drug-likeness (QED) is 0.506. The minimum atomic E-state index is -2.56. The van der Waals surface area contributed by atoms with Crippen molar-refractivity contribution in [1.82, 2.24) is 14.9 Å². The van der Waals surface area contributed by atoms with Crippen LogP contribution in [0.25, 0.3) is 0 Å². The van der Waals surface area contributed by atoms with Crippen LogP contribution in [0.3, 0.4) is 0 Å². The van der Waals surface area contributed by atoms with E-state index in [1.807, 2.05) is 11.0 Å². The Morgan fingerprint density at radius 1 is 0.973 bits per heavy atom. The van der Waals surface area contributed by atoms with Gasteiger partial charge in [-0.05, 0) is 56.6 Å². The van der Waals surface area contributed by atoms with E-state index in [2.05, 4.69) is 11.0 Å². The summed E-state index contributed by atoms with van der Waals surface area (Å²) >= 11 is 0. The molecule has 3 heterocycles. The second kappa shape index (κ2) is 9.64. The average Bonchev–Trinajstić information content (AvgIpc) is 3.55. The molecule has 0 unspecified atom stereocenters. The number of carbonyl (C=O) groups is 3. The van der Waals surface area contributed by atoms with Crippen LogP contribution in [0, 0.1) is 5.92 Å². The molecule has 5 aliphatic rings. The van der Waals surface area contributed by atoms with Crippen molar-refractivity contribution in [2.24, 2.45) is 5.92 Å². The summed E-state index contributed by atoms with van der Waals surface area (Å²) in [4.78, 5) is 42.9. The molecule has 2 saturated heterocycles. The van der Waals surface area contributed by atoms with E-state index in [0.717, 1.165) is 60.8 Å². The molecule has 0 aromatic heterocycles. The fourth-order valence-corrected chi connectivity index (χ4v) is 6.78. The molecule has 2 saturated carbocycles. The van der Waals surface area contributed by atoms with Gasteiger partial charge in [-0.2, -0.15) is 5.01 Å². The third-order valence-corrected chi connectivity index (χ3v) is 9.03. The number of hydrogen-bond donors (Lipinski definition) is 0. The largest absolute Gasteiger partial charge is 0.368 e. The lowest BCUT2D eigenvalue weighted by atomic mass is 9.88. The van der Waals surface area contributed by atoms with E-state index < -0.39 is 5.92 Å². The van der Waals surface area contributed by atoms with Crippen LogP contribution < -0.4 is 4.90 Å². The van der Waals surface area contributed by atoms with E-state index in [1.54, 1.807) is 6.07 Å². The Hall–Kier alpha value is -2.55. The van der Waals surface area contributed by atoms with Crippen molar-refractivity contribution in [3.63, 3.8) is 0 Å². The van der Waals surface area contributed by atoms with Crippen molar-refractivity contribution in [2.75, 3.05) is 24.5 Å². The average molecular weight is 515 g/mol. The Morgan fingerprint density at radius 2 is 1.70 bits per heavy atom. The first kappa shape index (κ1) is 24.8. The highest BCUT2D eigenvalue weighted by molar-refractivity contribution is 6.05. The fourth-order valence-electron chi connectivity index (χ4n) is 6.78. The summed E-state index contributed by atoms with van der Waals surface area (Å²) < 4.78 is 27.6. The zero-order valence-corrected chi connectivity index (χ0v) is 21.3. The van der Waals surface area contributed by atoms with Crippen LogP contribution in [0.4, 0.5) is 14.5 Å². The number of piperidine rings is 1. The second-order valence-corrected chi connectivity index (χ2v) is 11.6. The summed E-state index contributed by atoms with van der Waals surface area (Å²) in [5, 5.41) is 2.41. The van der Waals surface area contributed by atoms with E-state index >= 15 is 0 Å². The van der Waals surface area contributed by atoms with Gasteiger partial charge in [0.15, 0.2) is 0 Å². The first-order valence-corrected chi connectivity index (χ1v) is 14.0. The molecule has 4 fully saturated rings. The zero-order valence-electron chi connectivity index (χ0n) is 21.3. The molecule has 1 aromatic carbocycles. The number of alkyl halides is 2. The van der Waals surface area contributed by atoms with E-state index in [0.29, 0.717) is 18.5 Å². The number of fused-ring (bicyclic) bond motifs is 1. The number of anilines is 1. The van der Waals surface area contributed by atoms with Gasteiger partial charge in [0.05, 0.1) is 13.1 Å². The van der Waals surface area contributed by atoms with Gasteiger partial charge in [-0.1, -0.05) is 18.9 Å². The van der Waals surface area contributed by atoms with Gasteiger partial charge in [0, 0.05) is 61.2 Å². The number of nitrogens with zero attached hydrogens (tertiary/aromatic N) is 4. The topological polar surface area (TPSA) is 64.2 Å². The Labute approximate surface area is 216 Å². The molecule has 9 heteroatoms. The van der Waals surface area contributed by atoms with E-state index in [1.165, 1.54) is 17.9 Å². The summed E-state index contributed by atoms with van der Waals surface area (Å²) in [6.07, 6.45) is 8.34. The summed E-state index contributed by atoms with van der Waals surface area (Å²) in [7, 11) is 0. The van der Waals surface area contributed by atoms with Gasteiger partial charge >= 0.3 is 0 Å². The van der Waals surface area contributed by atoms with Crippen LogP contribution in [0.5, 0.6) is 0 Å². The van der Waals surface area contributed by atoms with Crippen LogP contribution in [-0.2, 0) is 16.1 Å². The lowest BCUT2D eigenvalue weighted by Gasteiger charge is -2.41. The molecule has 0 bridgehead atoms. The highest BCUT2D eigenvalue weighted by Gasteiger charge is 2.43. The number of halogens is 2. The Balaban J connectivity index is 1.22. The van der Waals surface area contributed by atoms with Gasteiger partial charge in [0.2, 0.25) is 11.8 Å². The monoisotopic (exact) mass is 514 g/mol. The van der Waals surface area contributed by atoms with Crippen molar-refractivity contribution < 1.29 is 23.2 Å². The van der Waals surface area contributed by atoms with Gasteiger partial charge in [-0.25, -0.2) is 13.8 Å². The number of likely N-dealkylation sites (tertiary alicyclic amines) is 1. The molecular weight excluding hydrogens is 478 g/mol. The molecule has 0 spiro atoms. The summed E-state index contributed by atoms with van der Waals surface area (Å²) in [5.41, 5.74) is 2.46. The van der Waals surface area contributed by atoms with Gasteiger partial charge in [-0.3, -0.25) is 19.3 Å². The Bertz CT molecular complexity index is 1070. The van der Waals surface area contributed by atoms with Gasteiger partial charge in [0.1, 0.15) is 0 Å².